The highest BCUT2D eigenvalue weighted by Crippen LogP contribution is 2.67. The maximum atomic E-state index is 3.69. The third-order valence-corrected chi connectivity index (χ3v) is 4.31. The van der Waals surface area contributed by atoms with E-state index in [0.717, 1.165) is 6.42 Å². The van der Waals surface area contributed by atoms with Crippen LogP contribution < -0.4 is 0 Å². The Morgan fingerprint density at radius 2 is 1.60 bits per heavy atom. The quantitative estimate of drug-likeness (QED) is 0.561. The third kappa shape index (κ3) is 2.21. The van der Waals surface area contributed by atoms with Gasteiger partial charge in [-0.05, 0) is 30.4 Å². The fraction of sp³-hybridized carbons (Fsp3) is 0.800. The lowest BCUT2D eigenvalue weighted by Crippen LogP contribution is -1.95. The van der Waals surface area contributed by atoms with E-state index in [0.29, 0.717) is 10.8 Å². The van der Waals surface area contributed by atoms with Gasteiger partial charge in [0.2, 0.25) is 0 Å². The van der Waals surface area contributed by atoms with Crippen LogP contribution in [-0.4, -0.2) is 0 Å². The first-order chi connectivity index (χ1) is 6.87. The molecule has 1 aliphatic rings. The smallest absolute Gasteiger partial charge is 0.00315 e. The van der Waals surface area contributed by atoms with Crippen LogP contribution in [0.15, 0.2) is 16.9 Å². The molecule has 0 unspecified atom stereocenters. The summed E-state index contributed by atoms with van der Waals surface area (Å²) in [6, 6.07) is 0. The van der Waals surface area contributed by atoms with Crippen molar-refractivity contribution in [2.24, 2.45) is 10.8 Å². The maximum absolute atomic E-state index is 3.69. The SMILES string of the molecule is CCCCC(=C=C1C(C)(C)C1(C)C)CC. The van der Waals surface area contributed by atoms with Gasteiger partial charge < -0.3 is 0 Å². The molecule has 0 spiro atoms. The van der Waals surface area contributed by atoms with Crippen LogP contribution in [0.25, 0.3) is 0 Å². The van der Waals surface area contributed by atoms with E-state index in [1.165, 1.54) is 30.4 Å². The fourth-order valence-corrected chi connectivity index (χ4v) is 2.24. The number of rotatable bonds is 4. The highest BCUT2D eigenvalue weighted by Gasteiger charge is 2.60. The molecule has 15 heavy (non-hydrogen) atoms. The van der Waals surface area contributed by atoms with Crippen molar-refractivity contribution in [1.29, 1.82) is 0 Å². The average Bonchev–Trinajstić information content (AvgIpc) is 2.54. The topological polar surface area (TPSA) is 0 Å². The molecule has 0 aliphatic heterocycles. The van der Waals surface area contributed by atoms with Crippen molar-refractivity contribution in [3.05, 3.63) is 16.9 Å². The molecule has 0 N–H and O–H groups in total. The lowest BCUT2D eigenvalue weighted by Gasteiger charge is -2.02. The summed E-state index contributed by atoms with van der Waals surface area (Å²) in [7, 11) is 0. The Morgan fingerprint density at radius 3 is 1.93 bits per heavy atom. The molecule has 0 bridgehead atoms. The van der Waals surface area contributed by atoms with Crippen LogP contribution in [0.2, 0.25) is 0 Å². The molecule has 1 saturated carbocycles. The summed E-state index contributed by atoms with van der Waals surface area (Å²) in [5.74, 6) is 0. The van der Waals surface area contributed by atoms with E-state index < -0.39 is 0 Å². The van der Waals surface area contributed by atoms with Crippen molar-refractivity contribution in [2.45, 2.75) is 67.2 Å². The van der Waals surface area contributed by atoms with E-state index in [1.807, 2.05) is 0 Å². The first-order valence-corrected chi connectivity index (χ1v) is 6.37. The molecule has 1 rings (SSSR count). The molecular formula is C15H26. The van der Waals surface area contributed by atoms with Gasteiger partial charge in [0.1, 0.15) is 0 Å². The van der Waals surface area contributed by atoms with Crippen molar-refractivity contribution in [2.75, 3.05) is 0 Å². The van der Waals surface area contributed by atoms with Crippen LogP contribution in [-0.2, 0) is 0 Å². The predicted molar refractivity (Wildman–Crippen MR) is 67.9 cm³/mol. The van der Waals surface area contributed by atoms with Gasteiger partial charge in [0, 0.05) is 10.8 Å². The minimum atomic E-state index is 0.375. The van der Waals surface area contributed by atoms with Gasteiger partial charge in [0.15, 0.2) is 0 Å². The number of unbranched alkanes of at least 4 members (excludes halogenated alkanes) is 1. The van der Waals surface area contributed by atoms with Crippen LogP contribution in [0, 0.1) is 10.8 Å². The molecule has 0 aromatic rings. The van der Waals surface area contributed by atoms with E-state index in [4.69, 9.17) is 0 Å². The van der Waals surface area contributed by atoms with Crippen LogP contribution in [0.4, 0.5) is 0 Å². The molecule has 0 atom stereocenters. The standard InChI is InChI=1S/C15H26/c1-7-9-10-12(8-2)11-13-14(3,4)15(13,5)6/h7-10H2,1-6H3. The van der Waals surface area contributed by atoms with E-state index in [-0.39, 0.29) is 0 Å². The summed E-state index contributed by atoms with van der Waals surface area (Å²) in [5, 5.41) is 0. The summed E-state index contributed by atoms with van der Waals surface area (Å²) in [6.07, 6.45) is 5.00. The van der Waals surface area contributed by atoms with Gasteiger partial charge in [-0.2, -0.15) is 0 Å². The predicted octanol–water partition coefficient (Wildman–Crippen LogP) is 5.10. The normalized spacial score (nSPS) is 21.1. The molecule has 0 amide bonds. The molecule has 0 heteroatoms. The van der Waals surface area contributed by atoms with Crippen LogP contribution >= 0.6 is 0 Å². The van der Waals surface area contributed by atoms with Crippen molar-refractivity contribution in [3.8, 4) is 0 Å². The van der Waals surface area contributed by atoms with Crippen molar-refractivity contribution >= 4 is 0 Å². The van der Waals surface area contributed by atoms with Gasteiger partial charge in [-0.1, -0.05) is 48.0 Å². The zero-order chi connectivity index (χ0) is 11.7. The largest absolute Gasteiger partial charge is 0.121 e. The monoisotopic (exact) mass is 206 g/mol. The summed E-state index contributed by atoms with van der Waals surface area (Å²) in [4.78, 5) is 0. The second-order valence-electron chi connectivity index (χ2n) is 5.81. The fourth-order valence-electron chi connectivity index (χ4n) is 2.24. The summed E-state index contributed by atoms with van der Waals surface area (Å²) in [5.41, 5.74) is 7.49. The van der Waals surface area contributed by atoms with Gasteiger partial charge in [0.25, 0.3) is 0 Å². The van der Waals surface area contributed by atoms with Crippen molar-refractivity contribution in [3.63, 3.8) is 0 Å². The minimum absolute atomic E-state index is 0.375. The molecular weight excluding hydrogens is 180 g/mol. The Morgan fingerprint density at radius 1 is 1.07 bits per heavy atom. The number of allylic oxidation sites excluding steroid dienone is 1. The highest BCUT2D eigenvalue weighted by molar-refractivity contribution is 5.41. The Hall–Kier alpha value is -0.480. The Balaban J connectivity index is 2.89. The third-order valence-electron chi connectivity index (χ3n) is 4.31. The first kappa shape index (κ1) is 12.6. The molecule has 0 aromatic heterocycles. The Labute approximate surface area is 95.5 Å². The highest BCUT2D eigenvalue weighted by atomic mass is 14.6. The lowest BCUT2D eigenvalue weighted by atomic mass is 10.0. The number of hydrogen-bond acceptors (Lipinski definition) is 0. The van der Waals surface area contributed by atoms with Gasteiger partial charge in [-0.25, -0.2) is 0 Å². The van der Waals surface area contributed by atoms with Gasteiger partial charge in [-0.3, -0.25) is 0 Å². The van der Waals surface area contributed by atoms with Gasteiger partial charge in [-0.15, -0.1) is 5.73 Å². The molecule has 86 valence electrons. The molecule has 1 aliphatic carbocycles. The van der Waals surface area contributed by atoms with E-state index >= 15 is 0 Å². The van der Waals surface area contributed by atoms with E-state index in [9.17, 15) is 0 Å². The lowest BCUT2D eigenvalue weighted by molar-refractivity contribution is 0.457. The summed E-state index contributed by atoms with van der Waals surface area (Å²) >= 11 is 0. The van der Waals surface area contributed by atoms with Crippen molar-refractivity contribution < 1.29 is 0 Å². The zero-order valence-corrected chi connectivity index (χ0v) is 11.3. The van der Waals surface area contributed by atoms with Crippen LogP contribution in [0.3, 0.4) is 0 Å². The Kier molecular flexibility index (Phi) is 3.51. The molecule has 0 heterocycles. The summed E-state index contributed by atoms with van der Waals surface area (Å²) < 4.78 is 0. The van der Waals surface area contributed by atoms with Crippen molar-refractivity contribution in [1.82, 2.24) is 0 Å². The average molecular weight is 206 g/mol. The Bertz CT molecular complexity index is 280. The molecule has 0 saturated heterocycles. The molecule has 0 aromatic carbocycles. The number of hydrogen-bond donors (Lipinski definition) is 0. The molecule has 0 radical (unpaired) electrons. The van der Waals surface area contributed by atoms with Gasteiger partial charge >= 0.3 is 0 Å². The van der Waals surface area contributed by atoms with E-state index in [2.05, 4.69) is 47.3 Å². The summed E-state index contributed by atoms with van der Waals surface area (Å²) in [6.45, 7) is 13.8. The first-order valence-electron chi connectivity index (χ1n) is 6.37. The van der Waals surface area contributed by atoms with Crippen LogP contribution in [0.1, 0.15) is 67.2 Å². The molecule has 0 nitrogen and oxygen atoms in total. The second kappa shape index (κ2) is 4.18. The van der Waals surface area contributed by atoms with E-state index in [1.54, 1.807) is 0 Å². The maximum Gasteiger partial charge on any atom is 0.00315 e. The molecule has 1 fully saturated rings. The zero-order valence-electron chi connectivity index (χ0n) is 11.3. The second-order valence-corrected chi connectivity index (χ2v) is 5.81. The van der Waals surface area contributed by atoms with Gasteiger partial charge in [0.05, 0.1) is 0 Å². The minimum Gasteiger partial charge on any atom is -0.121 e. The van der Waals surface area contributed by atoms with Crippen LogP contribution in [0.5, 0.6) is 0 Å².